The second-order valence-electron chi connectivity index (χ2n) is 2.95. The maximum absolute atomic E-state index is 13.2. The molecule has 1 aromatic rings. The second kappa shape index (κ2) is 3.07. The van der Waals surface area contributed by atoms with Crippen molar-refractivity contribution in [1.82, 2.24) is 0 Å². The van der Waals surface area contributed by atoms with Crippen LogP contribution in [-0.2, 0) is 6.42 Å². The van der Waals surface area contributed by atoms with E-state index in [1.165, 1.54) is 12.1 Å². The van der Waals surface area contributed by atoms with Crippen LogP contribution in [0.2, 0.25) is 5.02 Å². The number of benzene rings is 1. The maximum Gasteiger partial charge on any atom is 0.177 e. The minimum Gasteiger partial charge on any atom is -0.293 e. The summed E-state index contributed by atoms with van der Waals surface area (Å²) in [6.45, 7) is 0. The van der Waals surface area contributed by atoms with Crippen molar-refractivity contribution >= 4 is 33.3 Å². The predicted molar refractivity (Wildman–Crippen MR) is 52.2 cm³/mol. The Morgan fingerprint density at radius 1 is 1.54 bits per heavy atom. The van der Waals surface area contributed by atoms with Crippen molar-refractivity contribution < 1.29 is 9.18 Å². The predicted octanol–water partition coefficient (Wildman–Crippen LogP) is 2.98. The number of halogens is 3. The van der Waals surface area contributed by atoms with Crippen molar-refractivity contribution in [3.05, 3.63) is 34.1 Å². The minimum atomic E-state index is -0.391. The Morgan fingerprint density at radius 2 is 2.23 bits per heavy atom. The molecule has 0 aromatic heterocycles. The smallest absolute Gasteiger partial charge is 0.177 e. The molecule has 0 spiro atoms. The fourth-order valence-electron chi connectivity index (χ4n) is 1.47. The molecule has 13 heavy (non-hydrogen) atoms. The summed E-state index contributed by atoms with van der Waals surface area (Å²) in [4.78, 5) is 11.1. The lowest BCUT2D eigenvalue weighted by atomic mass is 10.1. The van der Waals surface area contributed by atoms with E-state index in [0.29, 0.717) is 17.5 Å². The summed E-state index contributed by atoms with van der Waals surface area (Å²) in [6, 6.07) is 2.75. The monoisotopic (exact) mass is 262 g/mol. The van der Waals surface area contributed by atoms with Gasteiger partial charge in [-0.05, 0) is 18.6 Å². The van der Waals surface area contributed by atoms with Gasteiger partial charge in [-0.1, -0.05) is 27.5 Å². The topological polar surface area (TPSA) is 17.1 Å². The number of Topliss-reactive ketones (excluding diaryl/α,β-unsaturated/α-hetero) is 1. The molecule has 0 N–H and O–H groups in total. The summed E-state index contributed by atoms with van der Waals surface area (Å²) in [7, 11) is 0. The number of hydrogen-bond acceptors (Lipinski definition) is 1. The average molecular weight is 263 g/mol. The van der Waals surface area contributed by atoms with Crippen molar-refractivity contribution in [3.63, 3.8) is 0 Å². The molecule has 0 radical (unpaired) electrons. The van der Waals surface area contributed by atoms with Gasteiger partial charge in [0.2, 0.25) is 0 Å². The zero-order chi connectivity index (χ0) is 9.59. The Hall–Kier alpha value is -0.410. The largest absolute Gasteiger partial charge is 0.293 e. The second-order valence-corrected chi connectivity index (χ2v) is 4.49. The van der Waals surface area contributed by atoms with E-state index in [2.05, 4.69) is 15.9 Å². The van der Waals surface area contributed by atoms with Gasteiger partial charge in [-0.25, -0.2) is 4.39 Å². The highest BCUT2D eigenvalue weighted by atomic mass is 79.9. The quantitative estimate of drug-likeness (QED) is 0.658. The third-order valence-electron chi connectivity index (χ3n) is 2.09. The van der Waals surface area contributed by atoms with Crippen molar-refractivity contribution in [2.45, 2.75) is 11.2 Å². The summed E-state index contributed by atoms with van der Waals surface area (Å²) < 4.78 is 13.2. The fraction of sp³-hybridized carbons (Fsp3) is 0.222. The molecule has 4 heteroatoms. The van der Waals surface area contributed by atoms with Gasteiger partial charge in [0.1, 0.15) is 5.82 Å². The van der Waals surface area contributed by atoms with E-state index in [-0.39, 0.29) is 15.6 Å². The maximum atomic E-state index is 13.2. The summed E-state index contributed by atoms with van der Waals surface area (Å²) in [6.07, 6.45) is 0.414. The lowest BCUT2D eigenvalue weighted by Crippen LogP contribution is -2.05. The van der Waals surface area contributed by atoms with Crippen LogP contribution in [0.4, 0.5) is 4.39 Å². The SMILES string of the molecule is O=C1c2cc(Cl)cc(F)c2CC1Br. The average Bonchev–Trinajstić information content (AvgIpc) is 2.32. The molecule has 0 saturated heterocycles. The van der Waals surface area contributed by atoms with Crippen LogP contribution in [-0.4, -0.2) is 10.6 Å². The van der Waals surface area contributed by atoms with E-state index in [1.54, 1.807) is 0 Å². The van der Waals surface area contributed by atoms with E-state index >= 15 is 0 Å². The molecular formula is C9H5BrClFO. The van der Waals surface area contributed by atoms with Gasteiger partial charge in [-0.15, -0.1) is 0 Å². The molecular weight excluding hydrogens is 258 g/mol. The Labute approximate surface area is 88.0 Å². The zero-order valence-electron chi connectivity index (χ0n) is 6.48. The van der Waals surface area contributed by atoms with Crippen LogP contribution in [0.1, 0.15) is 15.9 Å². The molecule has 1 aromatic carbocycles. The molecule has 1 aliphatic rings. The van der Waals surface area contributed by atoms with Crippen LogP contribution in [0, 0.1) is 5.82 Å². The van der Waals surface area contributed by atoms with E-state index in [9.17, 15) is 9.18 Å². The van der Waals surface area contributed by atoms with Gasteiger partial charge in [0, 0.05) is 16.1 Å². The van der Waals surface area contributed by atoms with Gasteiger partial charge < -0.3 is 0 Å². The Bertz CT molecular complexity index is 391. The van der Waals surface area contributed by atoms with Gasteiger partial charge in [0.15, 0.2) is 5.78 Å². The number of carbonyl (C=O) groups excluding carboxylic acids is 1. The first-order valence-electron chi connectivity index (χ1n) is 3.76. The summed E-state index contributed by atoms with van der Waals surface area (Å²) >= 11 is 8.82. The van der Waals surface area contributed by atoms with Crippen molar-refractivity contribution in [2.24, 2.45) is 0 Å². The molecule has 0 saturated carbocycles. The zero-order valence-corrected chi connectivity index (χ0v) is 8.82. The number of alkyl halides is 1. The number of hydrogen-bond donors (Lipinski definition) is 0. The molecule has 0 fully saturated rings. The summed E-state index contributed by atoms with van der Waals surface area (Å²) in [5, 5.41) is 0.270. The van der Waals surface area contributed by atoms with E-state index in [4.69, 9.17) is 11.6 Å². The fourth-order valence-corrected chi connectivity index (χ4v) is 2.25. The van der Waals surface area contributed by atoms with Crippen LogP contribution in [0.15, 0.2) is 12.1 Å². The third kappa shape index (κ3) is 1.40. The highest BCUT2D eigenvalue weighted by Gasteiger charge is 2.30. The first-order valence-corrected chi connectivity index (χ1v) is 5.05. The van der Waals surface area contributed by atoms with Gasteiger partial charge in [0.05, 0.1) is 4.83 Å². The van der Waals surface area contributed by atoms with Crippen molar-refractivity contribution in [2.75, 3.05) is 0 Å². The lowest BCUT2D eigenvalue weighted by molar-refractivity contribution is 0.100. The first kappa shape index (κ1) is 9.16. The van der Waals surface area contributed by atoms with Crippen LogP contribution in [0.25, 0.3) is 0 Å². The van der Waals surface area contributed by atoms with Crippen LogP contribution >= 0.6 is 27.5 Å². The van der Waals surface area contributed by atoms with Gasteiger partial charge in [-0.2, -0.15) is 0 Å². The molecule has 2 rings (SSSR count). The van der Waals surface area contributed by atoms with Crippen molar-refractivity contribution in [3.8, 4) is 0 Å². The standard InChI is InChI=1S/C9H5BrClFO/c10-7-3-5-6(9(7)13)1-4(11)2-8(5)12/h1-2,7H,3H2. The van der Waals surface area contributed by atoms with E-state index in [1.807, 2.05) is 0 Å². The van der Waals surface area contributed by atoms with E-state index < -0.39 is 5.82 Å². The Kier molecular flexibility index (Phi) is 2.16. The third-order valence-corrected chi connectivity index (χ3v) is 3.05. The van der Waals surface area contributed by atoms with E-state index in [0.717, 1.165) is 0 Å². The number of ketones is 1. The molecule has 0 heterocycles. The molecule has 0 bridgehead atoms. The molecule has 1 aliphatic carbocycles. The van der Waals surface area contributed by atoms with Crippen LogP contribution in [0.3, 0.4) is 0 Å². The Morgan fingerprint density at radius 3 is 2.92 bits per heavy atom. The number of fused-ring (bicyclic) bond motifs is 1. The van der Waals surface area contributed by atoms with Crippen LogP contribution in [0.5, 0.6) is 0 Å². The summed E-state index contributed by atoms with van der Waals surface area (Å²) in [5.74, 6) is -0.478. The molecule has 1 unspecified atom stereocenters. The van der Waals surface area contributed by atoms with Gasteiger partial charge in [-0.3, -0.25) is 4.79 Å². The van der Waals surface area contributed by atoms with Gasteiger partial charge >= 0.3 is 0 Å². The molecule has 1 atom stereocenters. The molecule has 0 amide bonds. The number of rotatable bonds is 0. The molecule has 1 nitrogen and oxygen atoms in total. The normalized spacial score (nSPS) is 20.5. The summed E-state index contributed by atoms with van der Waals surface area (Å²) in [5.41, 5.74) is 0.878. The highest BCUT2D eigenvalue weighted by molar-refractivity contribution is 9.10. The molecule has 0 aliphatic heterocycles. The highest BCUT2D eigenvalue weighted by Crippen LogP contribution is 2.31. The lowest BCUT2D eigenvalue weighted by Gasteiger charge is -1.99. The Balaban J connectivity index is 2.64. The van der Waals surface area contributed by atoms with Crippen LogP contribution < -0.4 is 0 Å². The first-order chi connectivity index (χ1) is 6.09. The molecule has 68 valence electrons. The number of carbonyl (C=O) groups is 1. The van der Waals surface area contributed by atoms with Crippen molar-refractivity contribution in [1.29, 1.82) is 0 Å². The van der Waals surface area contributed by atoms with Gasteiger partial charge in [0.25, 0.3) is 0 Å². The minimum absolute atomic E-state index is 0.0867.